The number of rotatable bonds is 3. The lowest BCUT2D eigenvalue weighted by Gasteiger charge is -2.15. The van der Waals surface area contributed by atoms with Gasteiger partial charge in [-0.15, -0.1) is 0 Å². The number of hydrogen-bond acceptors (Lipinski definition) is 4. The molecule has 0 aliphatic heterocycles. The number of amides is 2. The molecule has 2 rings (SSSR count). The zero-order valence-electron chi connectivity index (χ0n) is 9.64. The molecule has 0 bridgehead atoms. The van der Waals surface area contributed by atoms with Gasteiger partial charge < -0.3 is 13.8 Å². The molecule has 2 aromatic heterocycles. The van der Waals surface area contributed by atoms with Crippen LogP contribution in [0.4, 0.5) is 10.6 Å². The van der Waals surface area contributed by atoms with E-state index < -0.39 is 0 Å². The molecular weight excluding hydrogens is 222 g/mol. The van der Waals surface area contributed by atoms with Gasteiger partial charge in [0, 0.05) is 13.1 Å². The number of anilines is 1. The van der Waals surface area contributed by atoms with Crippen molar-refractivity contribution in [2.45, 2.75) is 13.5 Å². The summed E-state index contributed by atoms with van der Waals surface area (Å²) < 4.78 is 10.0. The maximum Gasteiger partial charge on any atom is 0.323 e. The first-order chi connectivity index (χ1) is 8.15. The summed E-state index contributed by atoms with van der Waals surface area (Å²) in [7, 11) is 1.67. The van der Waals surface area contributed by atoms with E-state index in [9.17, 15) is 4.79 Å². The third-order valence-electron chi connectivity index (χ3n) is 2.18. The fourth-order valence-corrected chi connectivity index (χ4v) is 1.34. The summed E-state index contributed by atoms with van der Waals surface area (Å²) in [6.45, 7) is 2.16. The van der Waals surface area contributed by atoms with Crippen molar-refractivity contribution in [2.24, 2.45) is 0 Å². The Balaban J connectivity index is 1.91. The maximum atomic E-state index is 11.7. The minimum atomic E-state index is -0.269. The number of furan rings is 1. The first kappa shape index (κ1) is 11.3. The van der Waals surface area contributed by atoms with Gasteiger partial charge in [-0.1, -0.05) is 5.16 Å². The molecule has 0 aliphatic rings. The highest BCUT2D eigenvalue weighted by atomic mass is 16.5. The molecular formula is C11H13N3O3. The zero-order valence-corrected chi connectivity index (χ0v) is 9.64. The van der Waals surface area contributed by atoms with Gasteiger partial charge in [-0.2, -0.15) is 0 Å². The van der Waals surface area contributed by atoms with Crippen molar-refractivity contribution in [1.82, 2.24) is 10.1 Å². The fraction of sp³-hybridized carbons (Fsp3) is 0.273. The molecule has 17 heavy (non-hydrogen) atoms. The lowest BCUT2D eigenvalue weighted by atomic mass is 10.4. The summed E-state index contributed by atoms with van der Waals surface area (Å²) in [5, 5.41) is 6.29. The Hall–Kier alpha value is -2.24. The molecule has 6 heteroatoms. The molecule has 0 radical (unpaired) electrons. The number of carbonyl (C=O) groups is 1. The smallest absolute Gasteiger partial charge is 0.323 e. The van der Waals surface area contributed by atoms with E-state index in [1.54, 1.807) is 32.4 Å². The van der Waals surface area contributed by atoms with Crippen molar-refractivity contribution < 1.29 is 13.7 Å². The van der Waals surface area contributed by atoms with E-state index >= 15 is 0 Å². The molecule has 0 unspecified atom stereocenters. The largest absolute Gasteiger partial charge is 0.467 e. The third-order valence-corrected chi connectivity index (χ3v) is 2.18. The average molecular weight is 235 g/mol. The van der Waals surface area contributed by atoms with Crippen LogP contribution < -0.4 is 5.32 Å². The highest BCUT2D eigenvalue weighted by Gasteiger charge is 2.12. The first-order valence-electron chi connectivity index (χ1n) is 5.13. The van der Waals surface area contributed by atoms with Gasteiger partial charge in [0.25, 0.3) is 0 Å². The van der Waals surface area contributed by atoms with Crippen LogP contribution in [0.5, 0.6) is 0 Å². The van der Waals surface area contributed by atoms with Crippen LogP contribution >= 0.6 is 0 Å². The normalized spacial score (nSPS) is 10.2. The molecule has 1 N–H and O–H groups in total. The van der Waals surface area contributed by atoms with E-state index in [4.69, 9.17) is 8.94 Å². The number of hydrogen-bond donors (Lipinski definition) is 1. The summed E-state index contributed by atoms with van der Waals surface area (Å²) in [4.78, 5) is 13.2. The van der Waals surface area contributed by atoms with Gasteiger partial charge in [-0.05, 0) is 19.1 Å². The Labute approximate surface area is 98.2 Å². The fourth-order valence-electron chi connectivity index (χ4n) is 1.34. The van der Waals surface area contributed by atoms with Gasteiger partial charge in [0.2, 0.25) is 0 Å². The van der Waals surface area contributed by atoms with E-state index in [0.717, 1.165) is 5.76 Å². The number of aromatic nitrogens is 1. The van der Waals surface area contributed by atoms with Crippen LogP contribution in [-0.4, -0.2) is 23.1 Å². The maximum absolute atomic E-state index is 11.7. The summed E-state index contributed by atoms with van der Waals surface area (Å²) in [5.74, 6) is 1.77. The Kier molecular flexibility index (Phi) is 3.13. The van der Waals surface area contributed by atoms with E-state index in [2.05, 4.69) is 10.5 Å². The molecule has 2 amide bonds. The number of aryl methyl sites for hydroxylation is 1. The summed E-state index contributed by atoms with van der Waals surface area (Å²) in [6.07, 6.45) is 1.57. The van der Waals surface area contributed by atoms with Crippen molar-refractivity contribution in [3.63, 3.8) is 0 Å². The Morgan fingerprint density at radius 2 is 2.41 bits per heavy atom. The SMILES string of the molecule is Cc1cc(NC(=O)N(C)Cc2ccco2)no1. The second-order valence-corrected chi connectivity index (χ2v) is 3.69. The minimum absolute atomic E-state index is 0.269. The van der Waals surface area contributed by atoms with Crippen LogP contribution in [0.2, 0.25) is 0 Å². The van der Waals surface area contributed by atoms with E-state index in [1.165, 1.54) is 4.90 Å². The van der Waals surface area contributed by atoms with Gasteiger partial charge >= 0.3 is 6.03 Å². The first-order valence-corrected chi connectivity index (χ1v) is 5.13. The number of carbonyl (C=O) groups excluding carboxylic acids is 1. The van der Waals surface area contributed by atoms with Gasteiger partial charge in [0.1, 0.15) is 11.5 Å². The Morgan fingerprint density at radius 3 is 3.00 bits per heavy atom. The molecule has 6 nitrogen and oxygen atoms in total. The molecule has 0 fully saturated rings. The standard InChI is InChI=1S/C11H13N3O3/c1-8-6-10(13-17-8)12-11(15)14(2)7-9-4-3-5-16-9/h3-6H,7H2,1-2H3,(H,12,13,15). The van der Waals surface area contributed by atoms with Gasteiger partial charge in [-0.25, -0.2) is 4.79 Å². The molecule has 0 aliphatic carbocycles. The predicted octanol–water partition coefficient (Wildman–Crippen LogP) is 2.24. The van der Waals surface area contributed by atoms with Crippen LogP contribution in [-0.2, 0) is 6.54 Å². The van der Waals surface area contributed by atoms with Gasteiger partial charge in [-0.3, -0.25) is 5.32 Å². The van der Waals surface area contributed by atoms with Crippen LogP contribution in [0.3, 0.4) is 0 Å². The van der Waals surface area contributed by atoms with Crippen molar-refractivity contribution in [2.75, 3.05) is 12.4 Å². The Morgan fingerprint density at radius 1 is 1.59 bits per heavy atom. The van der Waals surface area contributed by atoms with E-state index in [1.807, 2.05) is 6.07 Å². The molecule has 90 valence electrons. The molecule has 2 aromatic rings. The quantitative estimate of drug-likeness (QED) is 0.885. The third kappa shape index (κ3) is 2.87. The molecule has 0 saturated carbocycles. The van der Waals surface area contributed by atoms with Crippen LogP contribution in [0, 0.1) is 6.92 Å². The average Bonchev–Trinajstić information content (AvgIpc) is 2.90. The van der Waals surface area contributed by atoms with Crippen molar-refractivity contribution in [3.05, 3.63) is 36.0 Å². The topological polar surface area (TPSA) is 71.5 Å². The van der Waals surface area contributed by atoms with E-state index in [0.29, 0.717) is 18.1 Å². The zero-order chi connectivity index (χ0) is 12.3. The monoisotopic (exact) mass is 235 g/mol. The van der Waals surface area contributed by atoms with Gasteiger partial charge in [0.05, 0.1) is 12.8 Å². The Bertz CT molecular complexity index is 490. The number of urea groups is 1. The molecule has 0 aromatic carbocycles. The highest BCUT2D eigenvalue weighted by molar-refractivity contribution is 5.87. The van der Waals surface area contributed by atoms with Gasteiger partial charge in [0.15, 0.2) is 5.82 Å². The molecule has 0 spiro atoms. The van der Waals surface area contributed by atoms with Crippen LogP contribution in [0.15, 0.2) is 33.4 Å². The molecule has 0 atom stereocenters. The number of nitrogens with zero attached hydrogens (tertiary/aromatic N) is 2. The van der Waals surface area contributed by atoms with Crippen LogP contribution in [0.1, 0.15) is 11.5 Å². The van der Waals surface area contributed by atoms with Crippen molar-refractivity contribution >= 4 is 11.8 Å². The van der Waals surface area contributed by atoms with E-state index in [-0.39, 0.29) is 6.03 Å². The molecule has 0 saturated heterocycles. The summed E-state index contributed by atoms with van der Waals surface area (Å²) >= 11 is 0. The minimum Gasteiger partial charge on any atom is -0.467 e. The number of nitrogens with one attached hydrogen (secondary N) is 1. The van der Waals surface area contributed by atoms with Crippen molar-refractivity contribution in [3.8, 4) is 0 Å². The lowest BCUT2D eigenvalue weighted by molar-refractivity contribution is 0.216. The second-order valence-electron chi connectivity index (χ2n) is 3.69. The highest BCUT2D eigenvalue weighted by Crippen LogP contribution is 2.09. The predicted molar refractivity (Wildman–Crippen MR) is 60.4 cm³/mol. The summed E-state index contributed by atoms with van der Waals surface area (Å²) in [5.41, 5.74) is 0. The summed E-state index contributed by atoms with van der Waals surface area (Å²) in [6, 6.07) is 4.97. The van der Waals surface area contributed by atoms with Crippen molar-refractivity contribution in [1.29, 1.82) is 0 Å². The molecule has 2 heterocycles. The second kappa shape index (κ2) is 4.73. The van der Waals surface area contributed by atoms with Crippen LogP contribution in [0.25, 0.3) is 0 Å². The lowest BCUT2D eigenvalue weighted by Crippen LogP contribution is -2.30.